The number of amides is 2. The Bertz CT molecular complexity index is 839. The van der Waals surface area contributed by atoms with Crippen molar-refractivity contribution in [2.45, 2.75) is 41.5 Å². The summed E-state index contributed by atoms with van der Waals surface area (Å²) < 4.78 is 0. The highest BCUT2D eigenvalue weighted by Crippen LogP contribution is 2.27. The van der Waals surface area contributed by atoms with Gasteiger partial charge in [0, 0.05) is 36.7 Å². The van der Waals surface area contributed by atoms with Crippen molar-refractivity contribution in [2.24, 2.45) is 5.41 Å². The maximum absolute atomic E-state index is 13.2. The lowest BCUT2D eigenvalue weighted by Crippen LogP contribution is -2.47. The number of rotatable bonds is 8. The van der Waals surface area contributed by atoms with E-state index in [2.05, 4.69) is 24.1 Å². The molecule has 2 amide bonds. The van der Waals surface area contributed by atoms with Gasteiger partial charge in [0.05, 0.1) is 0 Å². The van der Waals surface area contributed by atoms with Crippen molar-refractivity contribution in [3.63, 3.8) is 0 Å². The Balaban J connectivity index is 2.16. The van der Waals surface area contributed by atoms with Gasteiger partial charge in [-0.05, 0) is 83.5 Å². The molecule has 0 unspecified atom stereocenters. The molecule has 2 rings (SSSR count). The standard InChI is InChI=1S/C24H33N3O2/c1-7-26(8-2)20-15-13-19(14-16-20)25-22(28)24(5,6)23(29)27(9-3)21-12-10-11-18(4)17-21/h10-17H,7-9H2,1-6H3,(H,25,28). The summed E-state index contributed by atoms with van der Waals surface area (Å²) in [5, 5.41) is 2.90. The van der Waals surface area contributed by atoms with E-state index in [1.54, 1.807) is 18.7 Å². The fraction of sp³-hybridized carbons (Fsp3) is 0.417. The first kappa shape index (κ1) is 22.5. The number of carbonyl (C=O) groups is 2. The molecule has 29 heavy (non-hydrogen) atoms. The normalized spacial score (nSPS) is 11.1. The predicted octanol–water partition coefficient (Wildman–Crippen LogP) is 4.86. The molecule has 2 aromatic rings. The Hall–Kier alpha value is -2.82. The highest BCUT2D eigenvalue weighted by molar-refractivity contribution is 6.14. The van der Waals surface area contributed by atoms with Crippen molar-refractivity contribution in [3.8, 4) is 0 Å². The van der Waals surface area contributed by atoms with Crippen LogP contribution in [0.4, 0.5) is 17.1 Å². The van der Waals surface area contributed by atoms with E-state index in [0.717, 1.165) is 30.0 Å². The van der Waals surface area contributed by atoms with Crippen LogP contribution in [0.3, 0.4) is 0 Å². The number of anilines is 3. The van der Waals surface area contributed by atoms with Gasteiger partial charge in [-0.25, -0.2) is 0 Å². The molecule has 0 saturated carbocycles. The predicted molar refractivity (Wildman–Crippen MR) is 122 cm³/mol. The van der Waals surface area contributed by atoms with Gasteiger partial charge in [0.2, 0.25) is 11.8 Å². The Labute approximate surface area is 174 Å². The fourth-order valence-electron chi connectivity index (χ4n) is 3.31. The van der Waals surface area contributed by atoms with Gasteiger partial charge in [-0.15, -0.1) is 0 Å². The van der Waals surface area contributed by atoms with Gasteiger partial charge in [-0.1, -0.05) is 12.1 Å². The second-order valence-corrected chi connectivity index (χ2v) is 7.69. The summed E-state index contributed by atoms with van der Waals surface area (Å²) in [4.78, 5) is 30.1. The summed E-state index contributed by atoms with van der Waals surface area (Å²) in [6.07, 6.45) is 0. The third kappa shape index (κ3) is 5.17. The van der Waals surface area contributed by atoms with E-state index in [9.17, 15) is 9.59 Å². The zero-order chi connectivity index (χ0) is 21.6. The lowest BCUT2D eigenvalue weighted by Gasteiger charge is -2.30. The van der Waals surface area contributed by atoms with Gasteiger partial charge in [0.25, 0.3) is 0 Å². The zero-order valence-corrected chi connectivity index (χ0v) is 18.5. The lowest BCUT2D eigenvalue weighted by atomic mass is 9.89. The highest BCUT2D eigenvalue weighted by Gasteiger charge is 2.39. The van der Waals surface area contributed by atoms with Crippen LogP contribution in [0.15, 0.2) is 48.5 Å². The number of nitrogens with one attached hydrogen (secondary N) is 1. The second-order valence-electron chi connectivity index (χ2n) is 7.69. The third-order valence-electron chi connectivity index (χ3n) is 5.23. The molecule has 0 bridgehead atoms. The molecule has 1 N–H and O–H groups in total. The van der Waals surface area contributed by atoms with Crippen LogP contribution in [-0.4, -0.2) is 31.4 Å². The molecule has 2 aromatic carbocycles. The van der Waals surface area contributed by atoms with Crippen LogP contribution in [0.2, 0.25) is 0 Å². The molecule has 156 valence electrons. The van der Waals surface area contributed by atoms with Crippen LogP contribution in [0.5, 0.6) is 0 Å². The maximum atomic E-state index is 13.2. The van der Waals surface area contributed by atoms with Gasteiger partial charge in [0.1, 0.15) is 5.41 Å². The Morgan fingerprint density at radius 3 is 2.03 bits per heavy atom. The van der Waals surface area contributed by atoms with Crippen molar-refractivity contribution in [1.29, 1.82) is 0 Å². The monoisotopic (exact) mass is 395 g/mol. The number of nitrogens with zero attached hydrogens (tertiary/aromatic N) is 2. The molecule has 0 atom stereocenters. The van der Waals surface area contributed by atoms with Gasteiger partial charge in [-0.2, -0.15) is 0 Å². The third-order valence-corrected chi connectivity index (χ3v) is 5.23. The van der Waals surface area contributed by atoms with E-state index >= 15 is 0 Å². The fourth-order valence-corrected chi connectivity index (χ4v) is 3.31. The Morgan fingerprint density at radius 1 is 0.897 bits per heavy atom. The number of hydrogen-bond donors (Lipinski definition) is 1. The van der Waals surface area contributed by atoms with Gasteiger partial charge in [0.15, 0.2) is 0 Å². The molecule has 0 fully saturated rings. The molecular weight excluding hydrogens is 362 g/mol. The molecule has 0 radical (unpaired) electrons. The summed E-state index contributed by atoms with van der Waals surface area (Å²) in [6.45, 7) is 13.8. The maximum Gasteiger partial charge on any atom is 0.242 e. The van der Waals surface area contributed by atoms with Crippen LogP contribution in [0.25, 0.3) is 0 Å². The van der Waals surface area contributed by atoms with Gasteiger partial charge < -0.3 is 15.1 Å². The first-order chi connectivity index (χ1) is 13.7. The minimum absolute atomic E-state index is 0.220. The molecule has 0 aliphatic carbocycles. The first-order valence-electron chi connectivity index (χ1n) is 10.3. The first-order valence-corrected chi connectivity index (χ1v) is 10.3. The van der Waals surface area contributed by atoms with Crippen molar-refractivity contribution in [2.75, 3.05) is 34.8 Å². The largest absolute Gasteiger partial charge is 0.372 e. The van der Waals surface area contributed by atoms with Crippen LogP contribution in [0.1, 0.15) is 40.2 Å². The summed E-state index contributed by atoms with van der Waals surface area (Å²) in [7, 11) is 0. The number of carbonyl (C=O) groups excluding carboxylic acids is 2. The van der Waals surface area contributed by atoms with E-state index in [0.29, 0.717) is 12.2 Å². The van der Waals surface area contributed by atoms with E-state index < -0.39 is 5.41 Å². The van der Waals surface area contributed by atoms with E-state index in [4.69, 9.17) is 0 Å². The summed E-state index contributed by atoms with van der Waals surface area (Å²) >= 11 is 0. The van der Waals surface area contributed by atoms with Crippen molar-refractivity contribution >= 4 is 28.9 Å². The van der Waals surface area contributed by atoms with E-state index in [-0.39, 0.29) is 11.8 Å². The number of hydrogen-bond acceptors (Lipinski definition) is 3. The average Bonchev–Trinajstić information content (AvgIpc) is 2.70. The molecule has 0 saturated heterocycles. The summed E-state index contributed by atoms with van der Waals surface area (Å²) in [5.74, 6) is -0.535. The topological polar surface area (TPSA) is 52.7 Å². The number of benzene rings is 2. The van der Waals surface area contributed by atoms with Crippen LogP contribution < -0.4 is 15.1 Å². The Kier molecular flexibility index (Phi) is 7.43. The molecule has 0 spiro atoms. The van der Waals surface area contributed by atoms with Crippen molar-refractivity contribution in [1.82, 2.24) is 0 Å². The SMILES string of the molecule is CCN(CC)c1ccc(NC(=O)C(C)(C)C(=O)N(CC)c2cccc(C)c2)cc1. The minimum atomic E-state index is -1.20. The van der Waals surface area contributed by atoms with Crippen molar-refractivity contribution in [3.05, 3.63) is 54.1 Å². The van der Waals surface area contributed by atoms with E-state index in [1.807, 2.05) is 62.4 Å². The molecule has 0 heterocycles. The molecule has 5 nitrogen and oxygen atoms in total. The minimum Gasteiger partial charge on any atom is -0.372 e. The lowest BCUT2D eigenvalue weighted by molar-refractivity contribution is -0.136. The second kappa shape index (κ2) is 9.59. The number of aryl methyl sites for hydroxylation is 1. The smallest absolute Gasteiger partial charge is 0.242 e. The summed E-state index contributed by atoms with van der Waals surface area (Å²) in [5.41, 5.74) is 2.48. The van der Waals surface area contributed by atoms with Crippen LogP contribution >= 0.6 is 0 Å². The van der Waals surface area contributed by atoms with Gasteiger partial charge in [-0.3, -0.25) is 9.59 Å². The van der Waals surface area contributed by atoms with E-state index in [1.165, 1.54) is 0 Å². The Morgan fingerprint density at radius 2 is 1.52 bits per heavy atom. The molecule has 0 aliphatic rings. The average molecular weight is 396 g/mol. The highest BCUT2D eigenvalue weighted by atomic mass is 16.2. The molecule has 5 heteroatoms. The molecule has 0 aliphatic heterocycles. The summed E-state index contributed by atoms with van der Waals surface area (Å²) in [6, 6.07) is 15.5. The van der Waals surface area contributed by atoms with Crippen LogP contribution in [-0.2, 0) is 9.59 Å². The van der Waals surface area contributed by atoms with Crippen molar-refractivity contribution < 1.29 is 9.59 Å². The van der Waals surface area contributed by atoms with Gasteiger partial charge >= 0.3 is 0 Å². The molecule has 0 aromatic heterocycles. The zero-order valence-electron chi connectivity index (χ0n) is 18.5. The van der Waals surface area contributed by atoms with Crippen LogP contribution in [0, 0.1) is 12.3 Å². The molecular formula is C24H33N3O2. The quantitative estimate of drug-likeness (QED) is 0.650.